The molecule has 0 aliphatic heterocycles. The molecule has 0 bridgehead atoms. The van der Waals surface area contributed by atoms with E-state index in [1.807, 2.05) is 17.5 Å². The van der Waals surface area contributed by atoms with Crippen molar-refractivity contribution in [2.75, 3.05) is 6.54 Å². The first-order valence-electron chi connectivity index (χ1n) is 5.91. The van der Waals surface area contributed by atoms with Crippen molar-refractivity contribution in [1.82, 2.24) is 5.32 Å². The highest BCUT2D eigenvalue weighted by Crippen LogP contribution is 2.23. The molecule has 0 amide bonds. The summed E-state index contributed by atoms with van der Waals surface area (Å²) in [6.45, 7) is 0.600. The number of carboxylic acids is 1. The Bertz CT molecular complexity index is 546. The molecule has 1 heterocycles. The van der Waals surface area contributed by atoms with Crippen LogP contribution in [0.4, 0.5) is 0 Å². The van der Waals surface area contributed by atoms with Crippen molar-refractivity contribution in [3.63, 3.8) is 0 Å². The van der Waals surface area contributed by atoms with Gasteiger partial charge in [0, 0.05) is 16.4 Å². The summed E-state index contributed by atoms with van der Waals surface area (Å²) in [6.07, 6.45) is 0.811. The monoisotopic (exact) mass is 331 g/mol. The molecule has 1 aromatic carbocycles. The quantitative estimate of drug-likeness (QED) is 0.846. The predicted molar refractivity (Wildman–Crippen MR) is 85.1 cm³/mol. The van der Waals surface area contributed by atoms with Gasteiger partial charge in [0.2, 0.25) is 0 Å². The summed E-state index contributed by atoms with van der Waals surface area (Å²) in [5.41, 5.74) is 0.600. The van der Waals surface area contributed by atoms with E-state index >= 15 is 0 Å². The van der Waals surface area contributed by atoms with Gasteiger partial charge in [-0.2, -0.15) is 0 Å². The second-order valence-electron chi connectivity index (χ2n) is 4.08. The number of carboxylic acid groups (broad SMARTS) is 1. The van der Waals surface area contributed by atoms with Gasteiger partial charge in [-0.15, -0.1) is 23.7 Å². The largest absolute Gasteiger partial charge is 0.480 e. The van der Waals surface area contributed by atoms with Gasteiger partial charge in [0.15, 0.2) is 0 Å². The van der Waals surface area contributed by atoms with Crippen molar-refractivity contribution in [2.24, 2.45) is 0 Å². The summed E-state index contributed by atoms with van der Waals surface area (Å²) in [4.78, 5) is 12.6. The van der Waals surface area contributed by atoms with Gasteiger partial charge in [0.05, 0.1) is 0 Å². The van der Waals surface area contributed by atoms with E-state index in [1.165, 1.54) is 4.88 Å². The molecule has 2 aromatic rings. The molecule has 0 aliphatic rings. The summed E-state index contributed by atoms with van der Waals surface area (Å²) < 4.78 is 0. The first-order valence-corrected chi connectivity index (χ1v) is 7.17. The average molecular weight is 332 g/mol. The van der Waals surface area contributed by atoms with Crippen LogP contribution in [0.3, 0.4) is 0 Å². The van der Waals surface area contributed by atoms with E-state index in [-0.39, 0.29) is 12.4 Å². The van der Waals surface area contributed by atoms with Gasteiger partial charge in [0.25, 0.3) is 0 Å². The maximum atomic E-state index is 11.3. The van der Waals surface area contributed by atoms with Crippen molar-refractivity contribution in [3.8, 4) is 0 Å². The molecule has 0 spiro atoms. The number of nitrogens with one attached hydrogen (secondary N) is 1. The van der Waals surface area contributed by atoms with Crippen LogP contribution < -0.4 is 5.32 Å². The number of benzene rings is 1. The minimum atomic E-state index is -0.917. The molecule has 2 N–H and O–H groups in total. The minimum Gasteiger partial charge on any atom is -0.480 e. The van der Waals surface area contributed by atoms with Gasteiger partial charge >= 0.3 is 5.97 Å². The molecule has 0 aliphatic carbocycles. The molecule has 0 saturated carbocycles. The second kappa shape index (κ2) is 8.27. The Morgan fingerprint density at radius 1 is 1.30 bits per heavy atom. The molecule has 3 nitrogen and oxygen atoms in total. The molecule has 108 valence electrons. The first-order chi connectivity index (χ1) is 9.18. The van der Waals surface area contributed by atoms with E-state index in [0.717, 1.165) is 6.42 Å². The molecular formula is C14H15Cl2NO2S. The number of hydrogen-bond donors (Lipinski definition) is 2. The SMILES string of the molecule is Cl.O=C(O)C(NCCc1cccs1)c1ccccc1Cl. The van der Waals surface area contributed by atoms with Crippen LogP contribution in [-0.2, 0) is 11.2 Å². The van der Waals surface area contributed by atoms with Crippen LogP contribution in [0.2, 0.25) is 5.02 Å². The number of halogens is 2. The zero-order chi connectivity index (χ0) is 13.7. The molecule has 1 unspecified atom stereocenters. The Hall–Kier alpha value is -1.07. The Kier molecular flexibility index (Phi) is 7.02. The fourth-order valence-electron chi connectivity index (χ4n) is 1.83. The van der Waals surface area contributed by atoms with Crippen LogP contribution in [0, 0.1) is 0 Å². The molecule has 0 saturated heterocycles. The fourth-order valence-corrected chi connectivity index (χ4v) is 2.79. The van der Waals surface area contributed by atoms with Crippen molar-refractivity contribution in [1.29, 1.82) is 0 Å². The highest BCUT2D eigenvalue weighted by Gasteiger charge is 2.21. The van der Waals surface area contributed by atoms with Gasteiger partial charge in [-0.3, -0.25) is 4.79 Å². The van der Waals surface area contributed by atoms with Gasteiger partial charge in [-0.1, -0.05) is 35.9 Å². The van der Waals surface area contributed by atoms with Crippen LogP contribution in [0.25, 0.3) is 0 Å². The lowest BCUT2D eigenvalue weighted by Gasteiger charge is -2.15. The maximum Gasteiger partial charge on any atom is 0.325 e. The highest BCUT2D eigenvalue weighted by molar-refractivity contribution is 7.09. The smallest absolute Gasteiger partial charge is 0.325 e. The molecule has 6 heteroatoms. The third-order valence-electron chi connectivity index (χ3n) is 2.76. The summed E-state index contributed by atoms with van der Waals surface area (Å²) in [7, 11) is 0. The lowest BCUT2D eigenvalue weighted by atomic mass is 10.1. The second-order valence-corrected chi connectivity index (χ2v) is 5.52. The lowest BCUT2D eigenvalue weighted by Crippen LogP contribution is -2.30. The van der Waals surface area contributed by atoms with Gasteiger partial charge in [0.1, 0.15) is 6.04 Å². The predicted octanol–water partition coefficient (Wildman–Crippen LogP) is 3.78. The maximum absolute atomic E-state index is 11.3. The molecule has 0 radical (unpaired) electrons. The van der Waals surface area contributed by atoms with Gasteiger partial charge in [-0.25, -0.2) is 0 Å². The molecule has 1 atom stereocenters. The summed E-state index contributed by atoms with van der Waals surface area (Å²) in [5.74, 6) is -0.917. The Morgan fingerprint density at radius 3 is 2.65 bits per heavy atom. The zero-order valence-electron chi connectivity index (χ0n) is 10.6. The van der Waals surface area contributed by atoms with Crippen molar-refractivity contribution < 1.29 is 9.90 Å². The Morgan fingerprint density at radius 2 is 2.05 bits per heavy atom. The van der Waals surface area contributed by atoms with Crippen molar-refractivity contribution >= 4 is 41.3 Å². The standard InChI is InChI=1S/C14H14ClNO2S.ClH/c15-12-6-2-1-5-11(12)13(14(17)18)16-8-7-10-4-3-9-19-10;/h1-6,9,13,16H,7-8H2,(H,17,18);1H. The van der Waals surface area contributed by atoms with E-state index in [2.05, 4.69) is 5.32 Å². The molecule has 1 aromatic heterocycles. The number of rotatable bonds is 6. The fraction of sp³-hybridized carbons (Fsp3) is 0.214. The van der Waals surface area contributed by atoms with E-state index in [0.29, 0.717) is 17.1 Å². The van der Waals surface area contributed by atoms with Crippen LogP contribution in [-0.4, -0.2) is 17.6 Å². The molecular weight excluding hydrogens is 317 g/mol. The topological polar surface area (TPSA) is 49.3 Å². The zero-order valence-corrected chi connectivity index (χ0v) is 13.0. The van der Waals surface area contributed by atoms with Crippen LogP contribution in [0.1, 0.15) is 16.5 Å². The molecule has 2 rings (SSSR count). The third kappa shape index (κ3) is 4.49. The summed E-state index contributed by atoms with van der Waals surface area (Å²) >= 11 is 7.71. The Labute approximate surface area is 133 Å². The van der Waals surface area contributed by atoms with E-state index < -0.39 is 12.0 Å². The van der Waals surface area contributed by atoms with Crippen molar-refractivity contribution in [2.45, 2.75) is 12.5 Å². The summed E-state index contributed by atoms with van der Waals surface area (Å²) in [5, 5.41) is 14.8. The number of carbonyl (C=O) groups is 1. The average Bonchev–Trinajstić information content (AvgIpc) is 2.89. The van der Waals surface area contributed by atoms with Gasteiger partial charge in [-0.05, 0) is 29.5 Å². The third-order valence-corrected chi connectivity index (χ3v) is 4.04. The number of hydrogen-bond acceptors (Lipinski definition) is 3. The van der Waals surface area contributed by atoms with Crippen LogP contribution >= 0.6 is 35.3 Å². The van der Waals surface area contributed by atoms with Crippen molar-refractivity contribution in [3.05, 3.63) is 57.2 Å². The molecule has 20 heavy (non-hydrogen) atoms. The summed E-state index contributed by atoms with van der Waals surface area (Å²) in [6, 6.07) is 10.3. The first kappa shape index (κ1) is 17.0. The van der Waals surface area contributed by atoms with E-state index in [4.69, 9.17) is 11.6 Å². The number of aliphatic carboxylic acids is 1. The van der Waals surface area contributed by atoms with Gasteiger partial charge < -0.3 is 10.4 Å². The van der Waals surface area contributed by atoms with E-state index in [9.17, 15) is 9.90 Å². The molecule has 0 fully saturated rings. The normalized spacial score (nSPS) is 11.7. The van der Waals surface area contributed by atoms with Crippen LogP contribution in [0.5, 0.6) is 0 Å². The van der Waals surface area contributed by atoms with Crippen LogP contribution in [0.15, 0.2) is 41.8 Å². The lowest BCUT2D eigenvalue weighted by molar-refractivity contribution is -0.139. The Balaban J connectivity index is 0.00000200. The highest BCUT2D eigenvalue weighted by atomic mass is 35.5. The number of thiophene rings is 1. The minimum absolute atomic E-state index is 0. The van der Waals surface area contributed by atoms with E-state index in [1.54, 1.807) is 35.6 Å².